The van der Waals surface area contributed by atoms with E-state index in [1.54, 1.807) is 24.5 Å². The van der Waals surface area contributed by atoms with Crippen molar-refractivity contribution in [1.29, 1.82) is 0 Å². The maximum absolute atomic E-state index is 11.6. The Bertz CT molecular complexity index is 561. The summed E-state index contributed by atoms with van der Waals surface area (Å²) in [7, 11) is 0. The van der Waals surface area contributed by atoms with Gasteiger partial charge in [0.1, 0.15) is 5.82 Å². The topological polar surface area (TPSA) is 85.8 Å². The van der Waals surface area contributed by atoms with Crippen molar-refractivity contribution in [3.8, 4) is 0 Å². The molecule has 3 N–H and O–H groups in total. The molecule has 0 aliphatic rings. The maximum Gasteiger partial charge on any atom is 0.267 e. The third kappa shape index (κ3) is 2.67. The zero-order valence-corrected chi connectivity index (χ0v) is 9.42. The van der Waals surface area contributed by atoms with Gasteiger partial charge in [-0.05, 0) is 24.1 Å². The molecule has 0 radical (unpaired) electrons. The first-order valence-electron chi connectivity index (χ1n) is 5.14. The Hall–Kier alpha value is -2.21. The van der Waals surface area contributed by atoms with Gasteiger partial charge in [-0.15, -0.1) is 0 Å². The lowest BCUT2D eigenvalue weighted by Gasteiger charge is -2.05. The van der Waals surface area contributed by atoms with Gasteiger partial charge in [0.25, 0.3) is 5.56 Å². The number of pyridine rings is 1. The predicted octanol–water partition coefficient (Wildman–Crippen LogP) is 0.281. The number of anilines is 1. The highest BCUT2D eigenvalue weighted by molar-refractivity contribution is 5.33. The molecule has 88 valence electrons. The first kappa shape index (κ1) is 11.3. The van der Waals surface area contributed by atoms with Crippen LogP contribution in [0.15, 0.2) is 35.4 Å². The molecule has 2 rings (SSSR count). The summed E-state index contributed by atoms with van der Waals surface area (Å²) in [6, 6.07) is 5.14. The standard InChI is InChI=1S/C11H13N5O/c1-8-4-11(17)16(14-5-8)7-9-2-3-10(15-12)13-6-9/h2-6H,7,12H2,1H3,(H,13,15). The number of hydrazine groups is 1. The Morgan fingerprint density at radius 3 is 2.82 bits per heavy atom. The fourth-order valence-electron chi connectivity index (χ4n) is 1.42. The molecule has 0 spiro atoms. The Morgan fingerprint density at radius 1 is 1.41 bits per heavy atom. The summed E-state index contributed by atoms with van der Waals surface area (Å²) in [4.78, 5) is 15.7. The van der Waals surface area contributed by atoms with E-state index in [1.807, 2.05) is 13.0 Å². The largest absolute Gasteiger partial charge is 0.308 e. The highest BCUT2D eigenvalue weighted by Gasteiger charge is 2.00. The zero-order chi connectivity index (χ0) is 12.3. The lowest BCUT2D eigenvalue weighted by atomic mass is 10.3. The second kappa shape index (κ2) is 4.75. The number of nitrogens with two attached hydrogens (primary N) is 1. The van der Waals surface area contributed by atoms with Crippen LogP contribution in [0.4, 0.5) is 5.82 Å². The van der Waals surface area contributed by atoms with Gasteiger partial charge in [0.15, 0.2) is 0 Å². The molecular weight excluding hydrogens is 218 g/mol. The first-order chi connectivity index (χ1) is 8.19. The summed E-state index contributed by atoms with van der Waals surface area (Å²) < 4.78 is 1.39. The molecule has 2 aromatic rings. The van der Waals surface area contributed by atoms with Gasteiger partial charge in [0.05, 0.1) is 12.7 Å². The normalized spacial score (nSPS) is 10.2. The number of nitrogens with one attached hydrogen (secondary N) is 1. The molecule has 2 heterocycles. The fourth-order valence-corrected chi connectivity index (χ4v) is 1.42. The van der Waals surface area contributed by atoms with Crippen LogP contribution in [0.25, 0.3) is 0 Å². The van der Waals surface area contributed by atoms with E-state index in [-0.39, 0.29) is 5.56 Å². The van der Waals surface area contributed by atoms with Crippen LogP contribution in [0.1, 0.15) is 11.1 Å². The van der Waals surface area contributed by atoms with Crippen LogP contribution in [0.3, 0.4) is 0 Å². The smallest absolute Gasteiger partial charge is 0.267 e. The van der Waals surface area contributed by atoms with E-state index in [9.17, 15) is 4.79 Å². The van der Waals surface area contributed by atoms with Gasteiger partial charge in [-0.25, -0.2) is 15.5 Å². The number of aryl methyl sites for hydroxylation is 1. The molecule has 6 nitrogen and oxygen atoms in total. The maximum atomic E-state index is 11.6. The number of rotatable bonds is 3. The average Bonchev–Trinajstić information content (AvgIpc) is 2.34. The molecule has 0 aliphatic heterocycles. The van der Waals surface area contributed by atoms with Crippen LogP contribution >= 0.6 is 0 Å². The Kier molecular flexibility index (Phi) is 3.15. The molecule has 0 aliphatic carbocycles. The summed E-state index contributed by atoms with van der Waals surface area (Å²) in [6.07, 6.45) is 3.31. The number of aromatic nitrogens is 3. The van der Waals surface area contributed by atoms with Crippen molar-refractivity contribution in [2.45, 2.75) is 13.5 Å². The molecule has 2 aromatic heterocycles. The minimum atomic E-state index is -0.119. The van der Waals surface area contributed by atoms with Gasteiger partial charge in [-0.3, -0.25) is 4.79 Å². The van der Waals surface area contributed by atoms with E-state index in [4.69, 9.17) is 5.84 Å². The van der Waals surface area contributed by atoms with Gasteiger partial charge in [-0.1, -0.05) is 6.07 Å². The number of nitrogen functional groups attached to an aromatic ring is 1. The molecule has 0 amide bonds. The van der Waals surface area contributed by atoms with Crippen molar-refractivity contribution in [3.05, 3.63) is 52.1 Å². The molecule has 0 saturated carbocycles. The number of nitrogens with zero attached hydrogens (tertiary/aromatic N) is 3. The SMILES string of the molecule is Cc1cnn(Cc2ccc(NN)nc2)c(=O)c1. The zero-order valence-electron chi connectivity index (χ0n) is 9.42. The van der Waals surface area contributed by atoms with Gasteiger partial charge in [0.2, 0.25) is 0 Å². The van der Waals surface area contributed by atoms with Crippen molar-refractivity contribution in [1.82, 2.24) is 14.8 Å². The van der Waals surface area contributed by atoms with E-state index >= 15 is 0 Å². The van der Waals surface area contributed by atoms with Gasteiger partial charge < -0.3 is 5.43 Å². The summed E-state index contributed by atoms with van der Waals surface area (Å²) in [5.41, 5.74) is 4.07. The van der Waals surface area contributed by atoms with Crippen LogP contribution in [0, 0.1) is 6.92 Å². The molecule has 0 bridgehead atoms. The lowest BCUT2D eigenvalue weighted by Crippen LogP contribution is -2.22. The van der Waals surface area contributed by atoms with Crippen LogP contribution in [0.2, 0.25) is 0 Å². The fraction of sp³-hybridized carbons (Fsp3) is 0.182. The summed E-state index contributed by atoms with van der Waals surface area (Å²) in [5.74, 6) is 5.79. The van der Waals surface area contributed by atoms with Crippen molar-refractivity contribution < 1.29 is 0 Å². The molecule has 0 aromatic carbocycles. The van der Waals surface area contributed by atoms with E-state index in [1.165, 1.54) is 4.68 Å². The van der Waals surface area contributed by atoms with Crippen molar-refractivity contribution in [3.63, 3.8) is 0 Å². The Labute approximate surface area is 98.1 Å². The quantitative estimate of drug-likeness (QED) is 0.585. The van der Waals surface area contributed by atoms with Crippen molar-refractivity contribution in [2.75, 3.05) is 5.43 Å². The molecule has 0 saturated heterocycles. The highest BCUT2D eigenvalue weighted by atomic mass is 16.1. The van der Waals surface area contributed by atoms with E-state index in [2.05, 4.69) is 15.5 Å². The Balaban J connectivity index is 2.22. The third-order valence-electron chi connectivity index (χ3n) is 2.31. The molecule has 0 unspecified atom stereocenters. The van der Waals surface area contributed by atoms with Crippen LogP contribution in [-0.4, -0.2) is 14.8 Å². The molecular formula is C11H13N5O. The number of hydrogen-bond acceptors (Lipinski definition) is 5. The van der Waals surface area contributed by atoms with Gasteiger partial charge >= 0.3 is 0 Å². The van der Waals surface area contributed by atoms with Crippen LogP contribution in [0.5, 0.6) is 0 Å². The van der Waals surface area contributed by atoms with E-state index in [0.29, 0.717) is 12.4 Å². The molecule has 0 atom stereocenters. The highest BCUT2D eigenvalue weighted by Crippen LogP contribution is 2.04. The predicted molar refractivity (Wildman–Crippen MR) is 64.4 cm³/mol. The lowest BCUT2D eigenvalue weighted by molar-refractivity contribution is 0.635. The molecule has 6 heteroatoms. The molecule has 0 fully saturated rings. The summed E-state index contributed by atoms with van der Waals surface area (Å²) in [6.45, 7) is 2.24. The first-order valence-corrected chi connectivity index (χ1v) is 5.14. The second-order valence-corrected chi connectivity index (χ2v) is 3.72. The Morgan fingerprint density at radius 2 is 2.24 bits per heavy atom. The number of hydrogen-bond donors (Lipinski definition) is 2. The monoisotopic (exact) mass is 231 g/mol. The van der Waals surface area contributed by atoms with Crippen molar-refractivity contribution in [2.24, 2.45) is 5.84 Å². The van der Waals surface area contributed by atoms with Crippen LogP contribution in [-0.2, 0) is 6.54 Å². The summed E-state index contributed by atoms with van der Waals surface area (Å²) in [5, 5.41) is 4.05. The minimum absolute atomic E-state index is 0.119. The minimum Gasteiger partial charge on any atom is -0.308 e. The second-order valence-electron chi connectivity index (χ2n) is 3.72. The third-order valence-corrected chi connectivity index (χ3v) is 2.31. The van der Waals surface area contributed by atoms with Gasteiger partial charge in [-0.2, -0.15) is 5.10 Å². The van der Waals surface area contributed by atoms with Crippen molar-refractivity contribution >= 4 is 5.82 Å². The summed E-state index contributed by atoms with van der Waals surface area (Å²) >= 11 is 0. The van der Waals surface area contributed by atoms with Crippen LogP contribution < -0.4 is 16.8 Å². The average molecular weight is 231 g/mol. The van der Waals surface area contributed by atoms with Gasteiger partial charge in [0, 0.05) is 12.3 Å². The van der Waals surface area contributed by atoms with E-state index in [0.717, 1.165) is 11.1 Å². The van der Waals surface area contributed by atoms with E-state index < -0.39 is 0 Å². The molecule has 17 heavy (non-hydrogen) atoms.